The molecule has 0 aliphatic carbocycles. The van der Waals surface area contributed by atoms with Gasteiger partial charge in [-0.25, -0.2) is 0 Å². The predicted molar refractivity (Wildman–Crippen MR) is 108 cm³/mol. The molecular formula is C24H20F3N. The summed E-state index contributed by atoms with van der Waals surface area (Å²) in [5.41, 5.74) is 1.12. The summed E-state index contributed by atoms with van der Waals surface area (Å²) < 4.78 is 37.6. The average Bonchev–Trinajstić information content (AvgIpc) is 2.69. The Morgan fingerprint density at radius 1 is 0.964 bits per heavy atom. The van der Waals surface area contributed by atoms with Gasteiger partial charge in [0, 0.05) is 18.2 Å². The molecule has 0 fully saturated rings. The topological polar surface area (TPSA) is 12.0 Å². The van der Waals surface area contributed by atoms with Crippen molar-refractivity contribution in [2.75, 3.05) is 6.54 Å². The third-order valence-electron chi connectivity index (χ3n) is 4.46. The van der Waals surface area contributed by atoms with E-state index >= 15 is 0 Å². The van der Waals surface area contributed by atoms with E-state index < -0.39 is 11.7 Å². The van der Waals surface area contributed by atoms with Crippen LogP contribution in [0.2, 0.25) is 0 Å². The van der Waals surface area contributed by atoms with Crippen LogP contribution in [0.1, 0.15) is 29.7 Å². The van der Waals surface area contributed by atoms with Gasteiger partial charge in [0.15, 0.2) is 0 Å². The summed E-state index contributed by atoms with van der Waals surface area (Å²) in [5.74, 6) is 5.69. The molecule has 28 heavy (non-hydrogen) atoms. The van der Waals surface area contributed by atoms with Crippen molar-refractivity contribution in [3.05, 3.63) is 95.6 Å². The molecular weight excluding hydrogens is 359 g/mol. The molecule has 3 aromatic carbocycles. The van der Waals surface area contributed by atoms with Crippen LogP contribution in [0.3, 0.4) is 0 Å². The van der Waals surface area contributed by atoms with E-state index in [1.165, 1.54) is 28.5 Å². The van der Waals surface area contributed by atoms with Crippen LogP contribution in [0.15, 0.2) is 78.9 Å². The van der Waals surface area contributed by atoms with Crippen LogP contribution in [0.25, 0.3) is 10.8 Å². The van der Waals surface area contributed by atoms with Gasteiger partial charge in [-0.05, 0) is 53.6 Å². The second kappa shape index (κ2) is 8.77. The maximum Gasteiger partial charge on any atom is 0.416 e. The van der Waals surface area contributed by atoms with Gasteiger partial charge in [-0.1, -0.05) is 60.4 Å². The maximum absolute atomic E-state index is 12.5. The minimum absolute atomic E-state index is 0.179. The Labute approximate surface area is 162 Å². The number of fused-ring (bicyclic) bond motifs is 1. The molecule has 3 aromatic rings. The third-order valence-corrected chi connectivity index (χ3v) is 4.46. The Morgan fingerprint density at radius 2 is 1.68 bits per heavy atom. The Morgan fingerprint density at radius 3 is 2.43 bits per heavy atom. The molecule has 0 amide bonds. The van der Waals surface area contributed by atoms with E-state index in [9.17, 15) is 13.2 Å². The molecule has 0 aliphatic rings. The molecule has 0 bridgehead atoms. The molecule has 4 heteroatoms. The van der Waals surface area contributed by atoms with E-state index in [0.29, 0.717) is 12.1 Å². The number of benzene rings is 3. The van der Waals surface area contributed by atoms with Crippen LogP contribution >= 0.6 is 0 Å². The lowest BCUT2D eigenvalue weighted by Crippen LogP contribution is -2.18. The summed E-state index contributed by atoms with van der Waals surface area (Å²) in [6.07, 6.45) is -0.711. The lowest BCUT2D eigenvalue weighted by molar-refractivity contribution is -0.137. The first kappa shape index (κ1) is 19.7. The fourth-order valence-corrected chi connectivity index (χ4v) is 2.97. The van der Waals surface area contributed by atoms with Crippen LogP contribution in [-0.4, -0.2) is 6.54 Å². The predicted octanol–water partition coefficient (Wildman–Crippen LogP) is 6.12. The standard InChI is InChI=1S/C24H20F3N/c1-18(22-12-7-10-20-9-4-5-11-23(20)22)28-17-6-2-3-8-19-13-15-21(16-14-19)24(25,26)27/h2,4-7,9-16,18,28H,17H2,1H3/b6-2+. The third kappa shape index (κ3) is 5.03. The van der Waals surface area contributed by atoms with E-state index in [1.807, 2.05) is 18.2 Å². The fraction of sp³-hybridized carbons (Fsp3) is 0.167. The molecule has 0 saturated heterocycles. The minimum atomic E-state index is -4.32. The summed E-state index contributed by atoms with van der Waals surface area (Å²) in [5, 5.41) is 5.88. The molecule has 1 unspecified atom stereocenters. The lowest BCUT2D eigenvalue weighted by Gasteiger charge is -2.15. The molecule has 1 nitrogen and oxygen atoms in total. The van der Waals surface area contributed by atoms with Gasteiger partial charge in [-0.3, -0.25) is 0 Å². The first-order valence-electron chi connectivity index (χ1n) is 9.00. The zero-order chi connectivity index (χ0) is 20.0. The molecule has 142 valence electrons. The van der Waals surface area contributed by atoms with Crippen molar-refractivity contribution in [2.24, 2.45) is 0 Å². The van der Waals surface area contributed by atoms with Crippen LogP contribution < -0.4 is 5.32 Å². The number of hydrogen-bond donors (Lipinski definition) is 1. The molecule has 0 radical (unpaired) electrons. The normalized spacial score (nSPS) is 12.7. The number of alkyl halides is 3. The summed E-state index contributed by atoms with van der Waals surface area (Å²) in [6.45, 7) is 2.76. The monoisotopic (exact) mass is 379 g/mol. The Bertz CT molecular complexity index is 1020. The zero-order valence-corrected chi connectivity index (χ0v) is 15.4. The van der Waals surface area contributed by atoms with Gasteiger partial charge in [-0.2, -0.15) is 13.2 Å². The highest BCUT2D eigenvalue weighted by Gasteiger charge is 2.29. The minimum Gasteiger partial charge on any atom is -0.307 e. The van der Waals surface area contributed by atoms with Crippen LogP contribution in [0.4, 0.5) is 13.2 Å². The van der Waals surface area contributed by atoms with E-state index in [4.69, 9.17) is 0 Å². The van der Waals surface area contributed by atoms with Crippen LogP contribution in [0.5, 0.6) is 0 Å². The summed E-state index contributed by atoms with van der Waals surface area (Å²) in [6, 6.07) is 19.6. The highest BCUT2D eigenvalue weighted by molar-refractivity contribution is 5.86. The number of rotatable bonds is 4. The van der Waals surface area contributed by atoms with Gasteiger partial charge in [0.2, 0.25) is 0 Å². The zero-order valence-electron chi connectivity index (χ0n) is 15.4. The number of allylic oxidation sites excluding steroid dienone is 1. The van der Waals surface area contributed by atoms with Gasteiger partial charge in [-0.15, -0.1) is 0 Å². The van der Waals surface area contributed by atoms with E-state index in [2.05, 4.69) is 54.4 Å². The maximum atomic E-state index is 12.5. The Hall–Kier alpha value is -3.03. The molecule has 0 heterocycles. The molecule has 0 saturated carbocycles. The average molecular weight is 379 g/mol. The number of nitrogens with one attached hydrogen (secondary N) is 1. The number of halogens is 3. The summed E-state index contributed by atoms with van der Waals surface area (Å²) in [4.78, 5) is 0. The van der Waals surface area contributed by atoms with E-state index in [-0.39, 0.29) is 6.04 Å². The second-order valence-electron chi connectivity index (χ2n) is 6.45. The van der Waals surface area contributed by atoms with E-state index in [1.54, 1.807) is 6.08 Å². The van der Waals surface area contributed by atoms with Crippen molar-refractivity contribution in [2.45, 2.75) is 19.1 Å². The second-order valence-corrected chi connectivity index (χ2v) is 6.45. The number of hydrogen-bond acceptors (Lipinski definition) is 1. The smallest absolute Gasteiger partial charge is 0.307 e. The summed E-state index contributed by atoms with van der Waals surface area (Å²) >= 11 is 0. The molecule has 1 atom stereocenters. The van der Waals surface area contributed by atoms with Gasteiger partial charge in [0.05, 0.1) is 5.56 Å². The molecule has 0 aliphatic heterocycles. The van der Waals surface area contributed by atoms with Gasteiger partial charge in [0.25, 0.3) is 0 Å². The Kier molecular flexibility index (Phi) is 6.18. The van der Waals surface area contributed by atoms with Crippen molar-refractivity contribution in [1.29, 1.82) is 0 Å². The first-order valence-corrected chi connectivity index (χ1v) is 9.00. The van der Waals surface area contributed by atoms with Gasteiger partial charge >= 0.3 is 6.18 Å². The lowest BCUT2D eigenvalue weighted by atomic mass is 10.00. The molecule has 1 N–H and O–H groups in total. The van der Waals surface area contributed by atoms with Crippen molar-refractivity contribution < 1.29 is 13.2 Å². The van der Waals surface area contributed by atoms with Crippen LogP contribution in [0, 0.1) is 11.8 Å². The molecule has 0 spiro atoms. The summed E-state index contributed by atoms with van der Waals surface area (Å²) in [7, 11) is 0. The van der Waals surface area contributed by atoms with Crippen molar-refractivity contribution in [1.82, 2.24) is 5.32 Å². The Balaban J connectivity index is 1.55. The van der Waals surface area contributed by atoms with Crippen molar-refractivity contribution in [3.63, 3.8) is 0 Å². The SMILES string of the molecule is CC(NC/C=C/C#Cc1ccc(C(F)(F)F)cc1)c1cccc2ccccc12. The molecule has 0 aromatic heterocycles. The van der Waals surface area contributed by atoms with Crippen molar-refractivity contribution >= 4 is 10.8 Å². The van der Waals surface area contributed by atoms with E-state index in [0.717, 1.165) is 12.1 Å². The van der Waals surface area contributed by atoms with Crippen molar-refractivity contribution in [3.8, 4) is 11.8 Å². The van der Waals surface area contributed by atoms with Crippen LogP contribution in [-0.2, 0) is 6.18 Å². The highest BCUT2D eigenvalue weighted by Crippen LogP contribution is 2.29. The fourth-order valence-electron chi connectivity index (χ4n) is 2.97. The first-order chi connectivity index (χ1) is 13.4. The molecule has 3 rings (SSSR count). The quantitative estimate of drug-likeness (QED) is 0.539. The largest absolute Gasteiger partial charge is 0.416 e. The van der Waals surface area contributed by atoms with Gasteiger partial charge < -0.3 is 5.32 Å². The van der Waals surface area contributed by atoms with Gasteiger partial charge in [0.1, 0.15) is 0 Å². The highest BCUT2D eigenvalue weighted by atomic mass is 19.4.